The summed E-state index contributed by atoms with van der Waals surface area (Å²) < 4.78 is 0. The lowest BCUT2D eigenvalue weighted by Crippen LogP contribution is -2.47. The van der Waals surface area contributed by atoms with E-state index in [9.17, 15) is 10.1 Å². The van der Waals surface area contributed by atoms with Gasteiger partial charge in [0.25, 0.3) is 5.69 Å². The number of hydrogen-bond acceptors (Lipinski definition) is 4. The topological polar surface area (TPSA) is 72.4 Å². The summed E-state index contributed by atoms with van der Waals surface area (Å²) in [6, 6.07) is 5.84. The average Bonchev–Trinajstić information content (AvgIpc) is 2.62. The molecule has 19 heavy (non-hydrogen) atoms. The summed E-state index contributed by atoms with van der Waals surface area (Å²) in [6.45, 7) is 0. The Morgan fingerprint density at radius 1 is 1.32 bits per heavy atom. The van der Waals surface area contributed by atoms with Crippen molar-refractivity contribution in [1.29, 1.82) is 0 Å². The molecule has 2 aliphatic rings. The number of benzene rings is 1. The van der Waals surface area contributed by atoms with Crippen LogP contribution in [0.1, 0.15) is 25.7 Å². The fourth-order valence-corrected chi connectivity index (χ4v) is 3.70. The van der Waals surface area contributed by atoms with Crippen LogP contribution in [0.5, 0.6) is 0 Å². The van der Waals surface area contributed by atoms with Gasteiger partial charge in [-0.15, -0.1) is 0 Å². The summed E-state index contributed by atoms with van der Waals surface area (Å²) in [4.78, 5) is 12.6. The molecule has 0 spiro atoms. The molecule has 2 atom stereocenters. The van der Waals surface area contributed by atoms with Crippen molar-refractivity contribution in [2.45, 2.75) is 43.8 Å². The van der Waals surface area contributed by atoms with Gasteiger partial charge >= 0.3 is 0 Å². The van der Waals surface area contributed by atoms with Gasteiger partial charge in [0.05, 0.1) is 15.6 Å². The Bertz CT molecular complexity index is 509. The van der Waals surface area contributed by atoms with Gasteiger partial charge in [0.15, 0.2) is 0 Å². The highest BCUT2D eigenvalue weighted by Gasteiger charge is 2.40. The Morgan fingerprint density at radius 2 is 1.95 bits per heavy atom. The highest BCUT2D eigenvalue weighted by atomic mass is 35.5. The summed E-state index contributed by atoms with van der Waals surface area (Å²) in [5.41, 5.74) is 6.99. The SMILES string of the molecule is NC1CC2CCC(C1)N2c1ccc([N+](=O)[O-])cc1Cl. The van der Waals surface area contributed by atoms with Crippen molar-refractivity contribution in [3.05, 3.63) is 33.3 Å². The standard InChI is InChI=1S/C13H16ClN3O2/c14-12-7-11(17(18)19)3-4-13(12)16-9-1-2-10(16)6-8(15)5-9/h3-4,7-10H,1-2,5-6,15H2. The number of non-ortho nitro benzene ring substituents is 1. The van der Waals surface area contributed by atoms with E-state index in [0.717, 1.165) is 31.4 Å². The van der Waals surface area contributed by atoms with Crippen molar-refractivity contribution in [1.82, 2.24) is 0 Å². The van der Waals surface area contributed by atoms with Gasteiger partial charge in [-0.05, 0) is 31.7 Å². The predicted octanol–water partition coefficient (Wildman–Crippen LogP) is 2.71. The van der Waals surface area contributed by atoms with Crippen LogP contribution in [0.4, 0.5) is 11.4 Å². The molecule has 3 rings (SSSR count). The molecule has 6 heteroatoms. The highest BCUT2D eigenvalue weighted by molar-refractivity contribution is 6.33. The van der Waals surface area contributed by atoms with Crippen LogP contribution in [-0.4, -0.2) is 23.0 Å². The van der Waals surface area contributed by atoms with Crippen LogP contribution < -0.4 is 10.6 Å². The fraction of sp³-hybridized carbons (Fsp3) is 0.538. The molecule has 2 N–H and O–H groups in total. The average molecular weight is 282 g/mol. The first-order valence-electron chi connectivity index (χ1n) is 6.54. The Kier molecular flexibility index (Phi) is 3.11. The van der Waals surface area contributed by atoms with E-state index < -0.39 is 4.92 Å². The molecule has 1 aromatic rings. The van der Waals surface area contributed by atoms with Crippen molar-refractivity contribution in [3.8, 4) is 0 Å². The van der Waals surface area contributed by atoms with Crippen LogP contribution >= 0.6 is 11.6 Å². The Hall–Kier alpha value is -1.33. The zero-order chi connectivity index (χ0) is 13.6. The van der Waals surface area contributed by atoms with E-state index in [1.165, 1.54) is 12.1 Å². The van der Waals surface area contributed by atoms with Crippen LogP contribution in [0.2, 0.25) is 5.02 Å². The third-order valence-electron chi connectivity index (χ3n) is 4.19. The molecule has 2 bridgehead atoms. The molecule has 0 radical (unpaired) electrons. The van der Waals surface area contributed by atoms with Gasteiger partial charge in [-0.3, -0.25) is 10.1 Å². The number of nitro benzene ring substituents is 1. The monoisotopic (exact) mass is 281 g/mol. The second kappa shape index (κ2) is 4.65. The van der Waals surface area contributed by atoms with Crippen molar-refractivity contribution in [2.24, 2.45) is 5.73 Å². The summed E-state index contributed by atoms with van der Waals surface area (Å²) in [7, 11) is 0. The van der Waals surface area contributed by atoms with Crippen molar-refractivity contribution >= 4 is 23.0 Å². The minimum Gasteiger partial charge on any atom is -0.364 e. The first kappa shape index (κ1) is 12.7. The van der Waals surface area contributed by atoms with Gasteiger partial charge in [0.2, 0.25) is 0 Å². The maximum atomic E-state index is 10.7. The number of nitro groups is 1. The first-order valence-corrected chi connectivity index (χ1v) is 6.92. The molecule has 2 heterocycles. The largest absolute Gasteiger partial charge is 0.364 e. The number of piperidine rings is 1. The molecule has 0 aliphatic carbocycles. The lowest BCUT2D eigenvalue weighted by Gasteiger charge is -2.39. The number of halogens is 1. The Morgan fingerprint density at radius 3 is 2.47 bits per heavy atom. The minimum absolute atomic E-state index is 0.0369. The van der Waals surface area contributed by atoms with E-state index in [2.05, 4.69) is 4.90 Å². The second-order valence-corrected chi connectivity index (χ2v) is 5.82. The summed E-state index contributed by atoms with van der Waals surface area (Å²) in [6.07, 6.45) is 4.21. The number of hydrogen-bond donors (Lipinski definition) is 1. The maximum Gasteiger partial charge on any atom is 0.271 e. The van der Waals surface area contributed by atoms with Gasteiger partial charge in [0.1, 0.15) is 0 Å². The summed E-state index contributed by atoms with van der Waals surface area (Å²) in [5.74, 6) is 0. The van der Waals surface area contributed by atoms with E-state index in [1.807, 2.05) is 0 Å². The van der Waals surface area contributed by atoms with Crippen molar-refractivity contribution in [2.75, 3.05) is 4.90 Å². The fourth-order valence-electron chi connectivity index (χ4n) is 3.43. The first-order chi connectivity index (χ1) is 9.06. The van der Waals surface area contributed by atoms with E-state index in [-0.39, 0.29) is 11.7 Å². The number of nitrogens with zero attached hydrogens (tertiary/aromatic N) is 2. The molecule has 2 fully saturated rings. The maximum absolute atomic E-state index is 10.7. The van der Waals surface area contributed by atoms with E-state index >= 15 is 0 Å². The number of fused-ring (bicyclic) bond motifs is 2. The summed E-state index contributed by atoms with van der Waals surface area (Å²) in [5, 5.41) is 11.2. The third kappa shape index (κ3) is 2.17. The molecule has 2 saturated heterocycles. The molecular formula is C13H16ClN3O2. The molecule has 102 valence electrons. The van der Waals surface area contributed by atoms with Gasteiger partial charge in [0, 0.05) is 30.3 Å². The third-order valence-corrected chi connectivity index (χ3v) is 4.49. The van der Waals surface area contributed by atoms with Crippen molar-refractivity contribution in [3.63, 3.8) is 0 Å². The van der Waals surface area contributed by atoms with Crippen LogP contribution in [0, 0.1) is 10.1 Å². The van der Waals surface area contributed by atoms with Gasteiger partial charge < -0.3 is 10.6 Å². The molecular weight excluding hydrogens is 266 g/mol. The molecule has 0 aromatic heterocycles. The van der Waals surface area contributed by atoms with Gasteiger partial charge in [-0.2, -0.15) is 0 Å². The zero-order valence-corrected chi connectivity index (χ0v) is 11.2. The molecule has 0 amide bonds. The number of rotatable bonds is 2. The van der Waals surface area contributed by atoms with Crippen LogP contribution in [0.15, 0.2) is 18.2 Å². The smallest absolute Gasteiger partial charge is 0.271 e. The zero-order valence-electron chi connectivity index (χ0n) is 10.5. The quantitative estimate of drug-likeness (QED) is 0.668. The second-order valence-electron chi connectivity index (χ2n) is 5.42. The lowest BCUT2D eigenvalue weighted by molar-refractivity contribution is -0.384. The summed E-state index contributed by atoms with van der Waals surface area (Å²) >= 11 is 6.22. The van der Waals surface area contributed by atoms with Crippen LogP contribution in [0.3, 0.4) is 0 Å². The number of nitrogens with two attached hydrogens (primary N) is 1. The van der Waals surface area contributed by atoms with Crippen LogP contribution in [-0.2, 0) is 0 Å². The van der Waals surface area contributed by atoms with E-state index in [1.54, 1.807) is 6.07 Å². The predicted molar refractivity (Wildman–Crippen MR) is 74.6 cm³/mol. The van der Waals surface area contributed by atoms with Crippen molar-refractivity contribution < 1.29 is 4.92 Å². The molecule has 5 nitrogen and oxygen atoms in total. The Balaban J connectivity index is 1.93. The highest BCUT2D eigenvalue weighted by Crippen LogP contribution is 2.42. The normalized spacial score (nSPS) is 29.6. The van der Waals surface area contributed by atoms with Gasteiger partial charge in [-0.25, -0.2) is 0 Å². The van der Waals surface area contributed by atoms with E-state index in [0.29, 0.717) is 17.1 Å². The Labute approximate surface area is 116 Å². The molecule has 1 aromatic carbocycles. The lowest BCUT2D eigenvalue weighted by atomic mass is 9.97. The number of anilines is 1. The van der Waals surface area contributed by atoms with Gasteiger partial charge in [-0.1, -0.05) is 11.6 Å². The van der Waals surface area contributed by atoms with Crippen LogP contribution in [0.25, 0.3) is 0 Å². The van der Waals surface area contributed by atoms with E-state index in [4.69, 9.17) is 17.3 Å². The molecule has 2 aliphatic heterocycles. The molecule has 0 saturated carbocycles. The molecule has 2 unspecified atom stereocenters. The minimum atomic E-state index is -0.420.